The Labute approximate surface area is 112 Å². The molecule has 7 nitrogen and oxygen atoms in total. The van der Waals surface area contributed by atoms with Crippen LogP contribution in [0.25, 0.3) is 0 Å². The van der Waals surface area contributed by atoms with Crippen molar-refractivity contribution >= 4 is 16.1 Å². The van der Waals surface area contributed by atoms with Crippen LogP contribution >= 0.6 is 0 Å². The van der Waals surface area contributed by atoms with Gasteiger partial charge in [-0.3, -0.25) is 0 Å². The average molecular weight is 289 g/mol. The van der Waals surface area contributed by atoms with Crippen molar-refractivity contribution in [3.05, 3.63) is 0 Å². The van der Waals surface area contributed by atoms with Crippen LogP contribution in [0.3, 0.4) is 0 Å². The highest BCUT2D eigenvalue weighted by atomic mass is 32.2. The molecule has 0 aromatic heterocycles. The Hall–Kier alpha value is -0.860. The fourth-order valence-corrected chi connectivity index (χ4v) is 5.12. The van der Waals surface area contributed by atoms with Crippen LogP contribution in [0.5, 0.6) is 0 Å². The molecule has 0 aliphatic carbocycles. The maximum Gasteiger partial charge on any atom is 0.317 e. The maximum atomic E-state index is 12.1. The molecule has 0 radical (unpaired) electrons. The fraction of sp³-hybridized carbons (Fsp3) is 0.909. The summed E-state index contributed by atoms with van der Waals surface area (Å²) in [5, 5.41) is 2.31. The molecular formula is C11H19N3O4S. The summed E-state index contributed by atoms with van der Waals surface area (Å²) in [4.78, 5) is 13.7. The Morgan fingerprint density at radius 2 is 2.26 bits per heavy atom. The summed E-state index contributed by atoms with van der Waals surface area (Å²) >= 11 is 0. The second-order valence-corrected chi connectivity index (χ2v) is 7.83. The molecule has 2 N–H and O–H groups in total. The summed E-state index contributed by atoms with van der Waals surface area (Å²) in [5.41, 5.74) is -0.754. The van der Waals surface area contributed by atoms with Crippen LogP contribution in [0, 0.1) is 0 Å². The van der Waals surface area contributed by atoms with Crippen LogP contribution in [-0.4, -0.2) is 62.0 Å². The van der Waals surface area contributed by atoms with Gasteiger partial charge in [-0.25, -0.2) is 17.9 Å². The molecule has 3 aliphatic heterocycles. The van der Waals surface area contributed by atoms with Gasteiger partial charge in [-0.15, -0.1) is 0 Å². The zero-order chi connectivity index (χ0) is 13.8. The number of nitrogens with one attached hydrogen (secondary N) is 2. The number of morpholine rings is 1. The van der Waals surface area contributed by atoms with Crippen LogP contribution in [0.15, 0.2) is 0 Å². The highest BCUT2D eigenvalue weighted by Gasteiger charge is 2.62. The average Bonchev–Trinajstić information content (AvgIpc) is 2.69. The van der Waals surface area contributed by atoms with Crippen LogP contribution in [0.2, 0.25) is 0 Å². The van der Waals surface area contributed by atoms with Gasteiger partial charge in [-0.2, -0.15) is 0 Å². The standard InChI is InChI=1S/C11H19N3O4S/c1-7(2)13-10(15)14-4-8-3-9-11(6-14,18-8)5-12-19(9,16)17/h7-9,12H,3-6H2,1-2H3,(H,13,15)/t8-,9+,11-/m1/s1. The number of nitrogens with zero attached hydrogens (tertiary/aromatic N) is 1. The molecule has 3 heterocycles. The van der Waals surface area contributed by atoms with Crippen LogP contribution in [0.1, 0.15) is 20.3 Å². The van der Waals surface area contributed by atoms with E-state index in [1.165, 1.54) is 0 Å². The zero-order valence-corrected chi connectivity index (χ0v) is 11.9. The van der Waals surface area contributed by atoms with E-state index in [9.17, 15) is 13.2 Å². The quantitative estimate of drug-likeness (QED) is 0.665. The molecule has 0 unspecified atom stereocenters. The second-order valence-electron chi connectivity index (χ2n) is 5.88. The first-order chi connectivity index (χ1) is 8.82. The molecule has 3 aliphatic rings. The van der Waals surface area contributed by atoms with E-state index in [4.69, 9.17) is 4.74 Å². The van der Waals surface area contributed by atoms with E-state index in [1.54, 1.807) is 4.90 Å². The van der Waals surface area contributed by atoms with Crippen molar-refractivity contribution in [3.8, 4) is 0 Å². The molecule has 19 heavy (non-hydrogen) atoms. The lowest BCUT2D eigenvalue weighted by atomic mass is 10.00. The lowest BCUT2D eigenvalue weighted by Gasteiger charge is -2.39. The molecule has 2 amide bonds. The predicted octanol–water partition coefficient (Wildman–Crippen LogP) is -0.751. The molecule has 3 rings (SSSR count). The molecule has 0 aromatic rings. The van der Waals surface area contributed by atoms with Crippen LogP contribution in [0.4, 0.5) is 4.79 Å². The van der Waals surface area contributed by atoms with E-state index in [-0.39, 0.29) is 24.7 Å². The third kappa shape index (κ3) is 2.02. The number of hydrogen-bond donors (Lipinski definition) is 2. The highest BCUT2D eigenvalue weighted by molar-refractivity contribution is 7.90. The lowest BCUT2D eigenvalue weighted by molar-refractivity contribution is -0.0882. The summed E-state index contributed by atoms with van der Waals surface area (Å²) in [6, 6.07) is -0.0839. The molecule has 1 spiro atoms. The number of hydrogen-bond acceptors (Lipinski definition) is 4. The van der Waals surface area contributed by atoms with E-state index < -0.39 is 20.9 Å². The number of sulfonamides is 1. The number of likely N-dealkylation sites (tertiary alicyclic amines) is 1. The van der Waals surface area contributed by atoms with Gasteiger partial charge in [0.15, 0.2) is 0 Å². The van der Waals surface area contributed by atoms with Crippen molar-refractivity contribution in [2.24, 2.45) is 0 Å². The van der Waals surface area contributed by atoms with E-state index in [1.807, 2.05) is 13.8 Å². The van der Waals surface area contributed by atoms with Gasteiger partial charge in [0, 0.05) is 19.1 Å². The summed E-state index contributed by atoms with van der Waals surface area (Å²) in [7, 11) is -3.29. The van der Waals surface area contributed by atoms with E-state index in [2.05, 4.69) is 10.0 Å². The minimum atomic E-state index is -3.29. The van der Waals surface area contributed by atoms with Gasteiger partial charge in [-0.05, 0) is 20.3 Å². The SMILES string of the molecule is CC(C)NC(=O)N1C[C@H]2C[C@H]3[C@@](CNS3(=O)=O)(C1)O2. The summed E-state index contributed by atoms with van der Waals surface area (Å²) in [6.07, 6.45) is 0.300. The Balaban J connectivity index is 1.81. The van der Waals surface area contributed by atoms with E-state index in [0.29, 0.717) is 19.5 Å². The van der Waals surface area contributed by atoms with Gasteiger partial charge in [-0.1, -0.05) is 0 Å². The largest absolute Gasteiger partial charge is 0.365 e. The van der Waals surface area contributed by atoms with Crippen LogP contribution < -0.4 is 10.0 Å². The van der Waals surface area contributed by atoms with Gasteiger partial charge < -0.3 is 15.0 Å². The molecule has 2 bridgehead atoms. The molecule has 0 aromatic carbocycles. The van der Waals surface area contributed by atoms with Gasteiger partial charge in [0.05, 0.1) is 12.6 Å². The van der Waals surface area contributed by atoms with Crippen molar-refractivity contribution in [1.82, 2.24) is 14.9 Å². The third-order valence-electron chi connectivity index (χ3n) is 3.99. The van der Waals surface area contributed by atoms with E-state index in [0.717, 1.165) is 0 Å². The predicted molar refractivity (Wildman–Crippen MR) is 68.2 cm³/mol. The Morgan fingerprint density at radius 1 is 1.53 bits per heavy atom. The van der Waals surface area contributed by atoms with Crippen LogP contribution in [-0.2, 0) is 14.8 Å². The van der Waals surface area contributed by atoms with Crippen molar-refractivity contribution in [3.63, 3.8) is 0 Å². The number of carbonyl (C=O) groups is 1. The lowest BCUT2D eigenvalue weighted by Crippen LogP contribution is -2.58. The van der Waals surface area contributed by atoms with Crippen molar-refractivity contribution in [1.29, 1.82) is 0 Å². The second kappa shape index (κ2) is 4.07. The zero-order valence-electron chi connectivity index (χ0n) is 11.0. The highest BCUT2D eigenvalue weighted by Crippen LogP contribution is 2.42. The molecule has 8 heteroatoms. The number of urea groups is 1. The molecule has 108 valence electrons. The Morgan fingerprint density at radius 3 is 2.95 bits per heavy atom. The maximum absolute atomic E-state index is 12.1. The third-order valence-corrected chi connectivity index (χ3v) is 5.91. The smallest absolute Gasteiger partial charge is 0.317 e. The van der Waals surface area contributed by atoms with Gasteiger partial charge in [0.25, 0.3) is 0 Å². The molecule has 0 saturated carbocycles. The number of carbonyl (C=O) groups excluding carboxylic acids is 1. The first-order valence-corrected chi connectivity index (χ1v) is 8.09. The van der Waals surface area contributed by atoms with Gasteiger partial charge in [0.2, 0.25) is 10.0 Å². The molecular weight excluding hydrogens is 270 g/mol. The summed E-state index contributed by atoms with van der Waals surface area (Å²) in [6.45, 7) is 4.86. The summed E-state index contributed by atoms with van der Waals surface area (Å²) < 4.78 is 32.2. The summed E-state index contributed by atoms with van der Waals surface area (Å²) in [5.74, 6) is 0. The molecule has 3 saturated heterocycles. The number of ether oxygens (including phenoxy) is 1. The Kier molecular flexibility index (Phi) is 2.81. The van der Waals surface area contributed by atoms with Gasteiger partial charge >= 0.3 is 6.03 Å². The van der Waals surface area contributed by atoms with Crippen molar-refractivity contribution in [2.45, 2.75) is 43.3 Å². The molecule has 3 fully saturated rings. The number of rotatable bonds is 1. The van der Waals surface area contributed by atoms with E-state index >= 15 is 0 Å². The monoisotopic (exact) mass is 289 g/mol. The van der Waals surface area contributed by atoms with Gasteiger partial charge in [0.1, 0.15) is 10.9 Å². The number of amides is 2. The first-order valence-electron chi connectivity index (χ1n) is 6.54. The topological polar surface area (TPSA) is 87.7 Å². The minimum absolute atomic E-state index is 0.0618. The number of fused-ring (bicyclic) bond motifs is 1. The van der Waals surface area contributed by atoms with Crippen molar-refractivity contribution in [2.75, 3.05) is 19.6 Å². The normalized spacial score (nSPS) is 39.4. The first kappa shape index (κ1) is 13.1. The molecule has 3 atom stereocenters. The minimum Gasteiger partial charge on any atom is -0.365 e. The fourth-order valence-electron chi connectivity index (χ4n) is 3.23. The Bertz CT molecular complexity index is 506. The van der Waals surface area contributed by atoms with Crippen molar-refractivity contribution < 1.29 is 17.9 Å².